The van der Waals surface area contributed by atoms with Gasteiger partial charge in [0.15, 0.2) is 0 Å². The minimum Gasteiger partial charge on any atom is -0.455 e. The maximum Gasteiger partial charge on any atom is 0.149 e. The summed E-state index contributed by atoms with van der Waals surface area (Å²) in [5, 5.41) is 4.72. The highest BCUT2D eigenvalue weighted by Crippen LogP contribution is 2.45. The van der Waals surface area contributed by atoms with Crippen LogP contribution >= 0.6 is 27.3 Å². The molecular weight excluding hydrogens is 646 g/mol. The highest BCUT2D eigenvalue weighted by atomic mass is 79.9. The molecule has 9 aromatic rings. The number of para-hydroxylation sites is 1. The summed E-state index contributed by atoms with van der Waals surface area (Å²) in [7, 11) is 0. The first-order valence-electron chi connectivity index (χ1n) is 15.3. The molecule has 0 aliphatic rings. The lowest BCUT2D eigenvalue weighted by Gasteiger charge is -2.26. The summed E-state index contributed by atoms with van der Waals surface area (Å²) in [6.45, 7) is 0. The summed E-state index contributed by atoms with van der Waals surface area (Å²) in [4.78, 5) is 2.35. The second-order valence-electron chi connectivity index (χ2n) is 11.5. The second kappa shape index (κ2) is 11.0. The minimum atomic E-state index is 0.858. The van der Waals surface area contributed by atoms with E-state index in [-0.39, 0.29) is 0 Å². The lowest BCUT2D eigenvalue weighted by Crippen LogP contribution is -2.10. The van der Waals surface area contributed by atoms with Crippen LogP contribution in [-0.2, 0) is 0 Å². The summed E-state index contributed by atoms with van der Waals surface area (Å²) in [5.41, 5.74) is 9.84. The van der Waals surface area contributed by atoms with Crippen molar-refractivity contribution in [2.75, 3.05) is 4.90 Å². The van der Waals surface area contributed by atoms with E-state index in [1.165, 1.54) is 42.4 Å². The topological polar surface area (TPSA) is 16.4 Å². The molecule has 0 aliphatic carbocycles. The highest BCUT2D eigenvalue weighted by Gasteiger charge is 2.19. The largest absolute Gasteiger partial charge is 0.455 e. The highest BCUT2D eigenvalue weighted by molar-refractivity contribution is 9.10. The first-order chi connectivity index (χ1) is 22.7. The number of furan rings is 1. The van der Waals surface area contributed by atoms with Gasteiger partial charge in [0.25, 0.3) is 0 Å². The summed E-state index contributed by atoms with van der Waals surface area (Å²) < 4.78 is 9.77. The fourth-order valence-electron chi connectivity index (χ4n) is 6.50. The number of halogens is 1. The number of benzene rings is 7. The van der Waals surface area contributed by atoms with E-state index in [2.05, 4.69) is 166 Å². The van der Waals surface area contributed by atoms with E-state index in [0.717, 1.165) is 43.5 Å². The van der Waals surface area contributed by atoms with Crippen LogP contribution in [0.4, 0.5) is 17.1 Å². The Morgan fingerprint density at radius 3 is 1.76 bits per heavy atom. The zero-order chi connectivity index (χ0) is 30.6. The van der Waals surface area contributed by atoms with Crippen molar-refractivity contribution in [2.24, 2.45) is 0 Å². The van der Waals surface area contributed by atoms with Gasteiger partial charge in [0, 0.05) is 48.0 Å². The predicted molar refractivity (Wildman–Crippen MR) is 200 cm³/mol. The van der Waals surface area contributed by atoms with Crippen molar-refractivity contribution < 1.29 is 4.42 Å². The van der Waals surface area contributed by atoms with Crippen molar-refractivity contribution in [2.45, 2.75) is 0 Å². The SMILES string of the molecule is Brc1cc(N(c2ccc(-c3ccccc3)cc2)c2ccc3sc4ccc(-c5ccccc5)cc4c3c2)cc2c1oc1ccccc12. The van der Waals surface area contributed by atoms with Crippen molar-refractivity contribution >= 4 is 86.4 Å². The van der Waals surface area contributed by atoms with Gasteiger partial charge in [-0.25, -0.2) is 0 Å². The van der Waals surface area contributed by atoms with Crippen LogP contribution in [-0.4, -0.2) is 0 Å². The van der Waals surface area contributed by atoms with Gasteiger partial charge in [-0.3, -0.25) is 0 Å². The molecule has 9 rings (SSSR count). The average molecular weight is 673 g/mol. The predicted octanol–water partition coefficient (Wildman–Crippen LogP) is 13.5. The quantitative estimate of drug-likeness (QED) is 0.181. The molecule has 0 N–H and O–H groups in total. The van der Waals surface area contributed by atoms with Crippen molar-refractivity contribution in [3.05, 3.63) is 162 Å². The maximum absolute atomic E-state index is 6.27. The summed E-state index contributed by atoms with van der Waals surface area (Å²) in [6.07, 6.45) is 0. The zero-order valence-corrected chi connectivity index (χ0v) is 27.1. The molecule has 0 fully saturated rings. The number of hydrogen-bond donors (Lipinski definition) is 0. The molecule has 0 aliphatic heterocycles. The van der Waals surface area contributed by atoms with Gasteiger partial charge < -0.3 is 9.32 Å². The van der Waals surface area contributed by atoms with E-state index in [9.17, 15) is 0 Å². The Morgan fingerprint density at radius 2 is 1.00 bits per heavy atom. The van der Waals surface area contributed by atoms with Gasteiger partial charge in [-0.15, -0.1) is 11.3 Å². The van der Waals surface area contributed by atoms with Gasteiger partial charge in [-0.05, 0) is 98.8 Å². The van der Waals surface area contributed by atoms with Crippen LogP contribution in [0.5, 0.6) is 0 Å². The molecule has 218 valence electrons. The smallest absolute Gasteiger partial charge is 0.149 e. The Morgan fingerprint density at radius 1 is 0.435 bits per heavy atom. The molecule has 7 aromatic carbocycles. The number of nitrogens with zero attached hydrogens (tertiary/aromatic N) is 1. The van der Waals surface area contributed by atoms with Crippen molar-refractivity contribution in [1.29, 1.82) is 0 Å². The van der Waals surface area contributed by atoms with Gasteiger partial charge in [-0.2, -0.15) is 0 Å². The average Bonchev–Trinajstić information content (AvgIpc) is 3.68. The van der Waals surface area contributed by atoms with E-state index in [0.29, 0.717) is 0 Å². The van der Waals surface area contributed by atoms with E-state index in [1.807, 2.05) is 23.5 Å². The van der Waals surface area contributed by atoms with Crippen LogP contribution < -0.4 is 4.90 Å². The third-order valence-electron chi connectivity index (χ3n) is 8.73. The lowest BCUT2D eigenvalue weighted by molar-refractivity contribution is 0.667. The number of thiophene rings is 1. The number of anilines is 3. The third kappa shape index (κ3) is 4.61. The van der Waals surface area contributed by atoms with Crippen LogP contribution in [0.25, 0.3) is 64.4 Å². The van der Waals surface area contributed by atoms with E-state index >= 15 is 0 Å². The Labute approximate surface area is 278 Å². The maximum atomic E-state index is 6.27. The third-order valence-corrected chi connectivity index (χ3v) is 10.5. The minimum absolute atomic E-state index is 0.858. The monoisotopic (exact) mass is 671 g/mol. The molecule has 2 aromatic heterocycles. The van der Waals surface area contributed by atoms with Crippen LogP contribution in [0.15, 0.2) is 167 Å². The van der Waals surface area contributed by atoms with Crippen LogP contribution in [0.2, 0.25) is 0 Å². The van der Waals surface area contributed by atoms with Gasteiger partial charge in [0.2, 0.25) is 0 Å². The van der Waals surface area contributed by atoms with Gasteiger partial charge in [-0.1, -0.05) is 97.1 Å². The molecule has 0 saturated heterocycles. The number of hydrogen-bond acceptors (Lipinski definition) is 3. The van der Waals surface area contributed by atoms with Crippen molar-refractivity contribution in [1.82, 2.24) is 0 Å². The van der Waals surface area contributed by atoms with E-state index in [1.54, 1.807) is 0 Å². The molecule has 0 saturated carbocycles. The van der Waals surface area contributed by atoms with Gasteiger partial charge in [0.1, 0.15) is 11.2 Å². The summed E-state index contributed by atoms with van der Waals surface area (Å²) >= 11 is 5.70. The number of rotatable bonds is 5. The van der Waals surface area contributed by atoms with Crippen molar-refractivity contribution in [3.63, 3.8) is 0 Å². The number of fused-ring (bicyclic) bond motifs is 6. The first-order valence-corrected chi connectivity index (χ1v) is 16.9. The molecule has 2 heterocycles. The van der Waals surface area contributed by atoms with E-state index < -0.39 is 0 Å². The molecule has 4 heteroatoms. The molecule has 0 unspecified atom stereocenters. The molecular formula is C42H26BrNOS. The Kier molecular flexibility index (Phi) is 6.51. The van der Waals surface area contributed by atoms with E-state index in [4.69, 9.17) is 4.42 Å². The fourth-order valence-corrected chi connectivity index (χ4v) is 8.09. The van der Waals surface area contributed by atoms with Crippen molar-refractivity contribution in [3.8, 4) is 22.3 Å². The summed E-state index contributed by atoms with van der Waals surface area (Å²) in [6, 6.07) is 56.4. The molecule has 2 nitrogen and oxygen atoms in total. The molecule has 0 radical (unpaired) electrons. The fraction of sp³-hybridized carbons (Fsp3) is 0. The van der Waals surface area contributed by atoms with Crippen LogP contribution in [0.3, 0.4) is 0 Å². The molecule has 46 heavy (non-hydrogen) atoms. The Bertz CT molecular complexity index is 2530. The first kappa shape index (κ1) is 27.2. The molecule has 0 atom stereocenters. The van der Waals surface area contributed by atoms with Gasteiger partial charge in [0.05, 0.1) is 4.47 Å². The molecule has 0 amide bonds. The summed E-state index contributed by atoms with van der Waals surface area (Å²) in [5.74, 6) is 0. The second-order valence-corrected chi connectivity index (χ2v) is 13.4. The Hall–Kier alpha value is -5.16. The normalized spacial score (nSPS) is 11.6. The standard InChI is InChI=1S/C42H26BrNOS/c43-38-26-33(25-37-34-13-7-8-14-39(34)45-42(37)38)44(31-18-15-29(16-19-31)27-9-3-1-4-10-27)32-20-22-41-36(24-32)35-23-30(17-21-40(35)46-41)28-11-5-2-6-12-28/h1-26H. The lowest BCUT2D eigenvalue weighted by atomic mass is 10.0. The Balaban J connectivity index is 1.25. The molecule has 0 spiro atoms. The van der Waals surface area contributed by atoms with Crippen LogP contribution in [0, 0.1) is 0 Å². The van der Waals surface area contributed by atoms with Gasteiger partial charge >= 0.3 is 0 Å². The van der Waals surface area contributed by atoms with Crippen LogP contribution in [0.1, 0.15) is 0 Å². The molecule has 0 bridgehead atoms. The zero-order valence-electron chi connectivity index (χ0n) is 24.7.